The lowest BCUT2D eigenvalue weighted by Gasteiger charge is -2.11. The number of nitrogens with zero attached hydrogens (tertiary/aromatic N) is 3. The van der Waals surface area contributed by atoms with Gasteiger partial charge in [-0.1, -0.05) is 0 Å². The number of methoxy groups -OCH3 is 2. The Morgan fingerprint density at radius 3 is 2.41 bits per heavy atom. The molecule has 0 saturated heterocycles. The van der Waals surface area contributed by atoms with Gasteiger partial charge in [-0.25, -0.2) is 15.0 Å². The zero-order valence-electron chi connectivity index (χ0n) is 15.2. The lowest BCUT2D eigenvalue weighted by atomic mass is 10.2. The first-order valence-electron chi connectivity index (χ1n) is 8.30. The Kier molecular flexibility index (Phi) is 5.82. The Bertz CT molecular complexity index is 943. The van der Waals surface area contributed by atoms with Crippen molar-refractivity contribution in [1.82, 2.24) is 20.3 Å². The monoisotopic (exact) mass is 384 g/mol. The van der Waals surface area contributed by atoms with Gasteiger partial charge in [0.05, 0.1) is 20.4 Å². The molecule has 0 amide bonds. The minimum Gasteiger partial charge on any atom is -0.497 e. The van der Waals surface area contributed by atoms with Gasteiger partial charge in [-0.15, -0.1) is 0 Å². The van der Waals surface area contributed by atoms with Gasteiger partial charge in [0.15, 0.2) is 16.6 Å². The maximum atomic E-state index is 5.28. The number of ether oxygens (including phenoxy) is 2. The maximum absolute atomic E-state index is 5.28. The summed E-state index contributed by atoms with van der Waals surface area (Å²) in [5.74, 6) is 2.50. The van der Waals surface area contributed by atoms with Gasteiger partial charge >= 0.3 is 0 Å². The lowest BCUT2D eigenvalue weighted by molar-refractivity contribution is 0.395. The van der Waals surface area contributed by atoms with E-state index in [1.54, 1.807) is 32.5 Å². The number of aromatic nitrogens is 3. The molecule has 0 atom stereocenters. The number of thiocarbonyl (C=S) groups is 1. The van der Waals surface area contributed by atoms with Gasteiger partial charge in [-0.3, -0.25) is 0 Å². The zero-order chi connectivity index (χ0) is 19.2. The van der Waals surface area contributed by atoms with E-state index >= 15 is 0 Å². The van der Waals surface area contributed by atoms with Crippen LogP contribution >= 0.6 is 12.2 Å². The summed E-state index contributed by atoms with van der Waals surface area (Å²) in [4.78, 5) is 13.4. The number of fused-ring (bicyclic) bond motifs is 1. The van der Waals surface area contributed by atoms with Crippen LogP contribution in [-0.4, -0.2) is 40.8 Å². The number of benzene rings is 1. The number of hydrogen-bond acceptors (Lipinski definition) is 7. The Balaban J connectivity index is 1.86. The molecule has 0 aliphatic heterocycles. The van der Waals surface area contributed by atoms with Gasteiger partial charge in [0.25, 0.3) is 0 Å². The summed E-state index contributed by atoms with van der Waals surface area (Å²) in [6.07, 6.45) is 1.65. The van der Waals surface area contributed by atoms with Crippen molar-refractivity contribution < 1.29 is 9.47 Å². The summed E-state index contributed by atoms with van der Waals surface area (Å²) in [5, 5.41) is 9.74. The molecular weight excluding hydrogens is 364 g/mol. The maximum Gasteiger partial charge on any atom is 0.182 e. The molecule has 140 valence electrons. The third-order valence-corrected chi connectivity index (χ3v) is 3.86. The quantitative estimate of drug-likeness (QED) is 0.554. The van der Waals surface area contributed by atoms with Crippen molar-refractivity contribution in [3.8, 4) is 11.5 Å². The summed E-state index contributed by atoms with van der Waals surface area (Å²) >= 11 is 5.18. The molecule has 27 heavy (non-hydrogen) atoms. The van der Waals surface area contributed by atoms with Crippen molar-refractivity contribution in [2.45, 2.75) is 6.92 Å². The Morgan fingerprint density at radius 1 is 1.04 bits per heavy atom. The fourth-order valence-electron chi connectivity index (χ4n) is 2.38. The molecule has 0 unspecified atom stereocenters. The molecule has 2 heterocycles. The van der Waals surface area contributed by atoms with Crippen LogP contribution in [0.2, 0.25) is 0 Å². The molecule has 0 aliphatic rings. The predicted molar refractivity (Wildman–Crippen MR) is 110 cm³/mol. The van der Waals surface area contributed by atoms with E-state index in [0.717, 1.165) is 12.2 Å². The third-order valence-electron chi connectivity index (χ3n) is 3.61. The highest BCUT2D eigenvalue weighted by atomic mass is 32.1. The molecule has 9 heteroatoms. The standard InChI is InChI=1S/C18H20N6O2S/c1-4-19-18(27)24-15-6-5-14-17(22-15)23-16(10-20-14)21-11-7-12(25-2)9-13(8-11)26-3/h5-10H,4H2,1-3H3,(H3,19,21,22,23,24,27). The van der Waals surface area contributed by atoms with Crippen molar-refractivity contribution in [3.05, 3.63) is 36.5 Å². The summed E-state index contributed by atoms with van der Waals surface area (Å²) < 4.78 is 10.6. The molecule has 1 aromatic carbocycles. The minimum absolute atomic E-state index is 0.499. The van der Waals surface area contributed by atoms with E-state index in [2.05, 4.69) is 30.9 Å². The second kappa shape index (κ2) is 8.45. The van der Waals surface area contributed by atoms with Gasteiger partial charge in [-0.2, -0.15) is 0 Å². The first-order valence-corrected chi connectivity index (χ1v) is 8.71. The van der Waals surface area contributed by atoms with E-state index in [0.29, 0.717) is 39.4 Å². The molecule has 0 fully saturated rings. The molecule has 3 N–H and O–H groups in total. The van der Waals surface area contributed by atoms with Crippen LogP contribution in [0.1, 0.15) is 6.92 Å². The summed E-state index contributed by atoms with van der Waals surface area (Å²) in [6.45, 7) is 2.70. The van der Waals surface area contributed by atoms with Crippen LogP contribution in [0, 0.1) is 0 Å². The number of hydrogen-bond donors (Lipinski definition) is 3. The van der Waals surface area contributed by atoms with Crippen molar-refractivity contribution in [3.63, 3.8) is 0 Å². The van der Waals surface area contributed by atoms with Gasteiger partial charge in [-0.05, 0) is 31.3 Å². The van der Waals surface area contributed by atoms with Gasteiger partial charge in [0, 0.05) is 30.4 Å². The van der Waals surface area contributed by atoms with Crippen LogP contribution in [0.4, 0.5) is 17.3 Å². The molecule has 8 nitrogen and oxygen atoms in total. The summed E-state index contributed by atoms with van der Waals surface area (Å²) in [6, 6.07) is 9.12. The van der Waals surface area contributed by atoms with Gasteiger partial charge in [0.2, 0.25) is 0 Å². The SMILES string of the molecule is CCNC(=S)Nc1ccc2ncc(Nc3cc(OC)cc(OC)c3)nc2n1. The fraction of sp³-hybridized carbons (Fsp3) is 0.222. The van der Waals surface area contributed by atoms with E-state index in [9.17, 15) is 0 Å². The number of pyridine rings is 1. The predicted octanol–water partition coefficient (Wildman–Crippen LogP) is 3.09. The molecule has 0 radical (unpaired) electrons. The number of rotatable bonds is 6. The molecule has 2 aromatic heterocycles. The molecule has 3 rings (SSSR count). The Morgan fingerprint density at radius 2 is 1.74 bits per heavy atom. The van der Waals surface area contributed by atoms with Gasteiger partial charge < -0.3 is 25.4 Å². The molecule has 0 spiro atoms. The molecule has 0 bridgehead atoms. The van der Waals surface area contributed by atoms with Crippen molar-refractivity contribution in [2.75, 3.05) is 31.4 Å². The minimum atomic E-state index is 0.499. The van der Waals surface area contributed by atoms with Crippen LogP contribution in [-0.2, 0) is 0 Å². The normalized spacial score (nSPS) is 10.3. The van der Waals surface area contributed by atoms with Crippen molar-refractivity contribution in [1.29, 1.82) is 0 Å². The number of anilines is 3. The largest absolute Gasteiger partial charge is 0.497 e. The van der Waals surface area contributed by atoms with E-state index in [4.69, 9.17) is 21.7 Å². The second-order valence-electron chi connectivity index (χ2n) is 5.51. The molecule has 0 saturated carbocycles. The van der Waals surface area contributed by atoms with E-state index in [1.807, 2.05) is 25.1 Å². The van der Waals surface area contributed by atoms with E-state index in [-0.39, 0.29) is 0 Å². The van der Waals surface area contributed by atoms with Crippen LogP contribution in [0.25, 0.3) is 11.2 Å². The summed E-state index contributed by atoms with van der Waals surface area (Å²) in [5.41, 5.74) is 1.95. The van der Waals surface area contributed by atoms with Gasteiger partial charge in [0.1, 0.15) is 22.8 Å². The molecular formula is C18H20N6O2S. The highest BCUT2D eigenvalue weighted by Crippen LogP contribution is 2.27. The van der Waals surface area contributed by atoms with Crippen LogP contribution in [0.3, 0.4) is 0 Å². The number of nitrogens with one attached hydrogen (secondary N) is 3. The molecule has 0 aliphatic carbocycles. The van der Waals surface area contributed by atoms with Crippen LogP contribution in [0.5, 0.6) is 11.5 Å². The first kappa shape index (κ1) is 18.6. The average Bonchev–Trinajstić information content (AvgIpc) is 2.67. The van der Waals surface area contributed by atoms with Crippen molar-refractivity contribution >= 4 is 45.8 Å². The second-order valence-corrected chi connectivity index (χ2v) is 5.91. The smallest absolute Gasteiger partial charge is 0.182 e. The van der Waals surface area contributed by atoms with Crippen LogP contribution in [0.15, 0.2) is 36.5 Å². The fourth-order valence-corrected chi connectivity index (χ4v) is 2.63. The zero-order valence-corrected chi connectivity index (χ0v) is 16.1. The summed E-state index contributed by atoms with van der Waals surface area (Å²) in [7, 11) is 3.20. The average molecular weight is 384 g/mol. The Labute approximate surface area is 162 Å². The third kappa shape index (κ3) is 4.70. The van der Waals surface area contributed by atoms with Crippen LogP contribution < -0.4 is 25.4 Å². The highest BCUT2D eigenvalue weighted by molar-refractivity contribution is 7.80. The van der Waals surface area contributed by atoms with Crippen molar-refractivity contribution in [2.24, 2.45) is 0 Å². The lowest BCUT2D eigenvalue weighted by Crippen LogP contribution is -2.28. The Hall–Kier alpha value is -3.20. The van der Waals surface area contributed by atoms with E-state index in [1.165, 1.54) is 0 Å². The molecule has 3 aromatic rings. The highest BCUT2D eigenvalue weighted by Gasteiger charge is 2.07. The topological polar surface area (TPSA) is 93.2 Å². The van der Waals surface area contributed by atoms with E-state index < -0.39 is 0 Å². The first-order chi connectivity index (χ1) is 13.1.